The predicted molar refractivity (Wildman–Crippen MR) is 118 cm³/mol. The van der Waals surface area contributed by atoms with Crippen LogP contribution in [-0.2, 0) is 12.8 Å². The zero-order valence-electron chi connectivity index (χ0n) is 17.2. The Morgan fingerprint density at radius 2 is 1.57 bits per heavy atom. The summed E-state index contributed by atoms with van der Waals surface area (Å²) in [6.07, 6.45) is 3.40. The Balaban J connectivity index is 1.68. The maximum atomic E-state index is 13.1. The van der Waals surface area contributed by atoms with E-state index < -0.39 is 0 Å². The first kappa shape index (κ1) is 19.7. The minimum Gasteiger partial charge on any atom is -0.340 e. The number of rotatable bonds is 6. The van der Waals surface area contributed by atoms with Crippen LogP contribution in [0.4, 0.5) is 0 Å². The van der Waals surface area contributed by atoms with Crippen molar-refractivity contribution < 1.29 is 4.79 Å². The van der Waals surface area contributed by atoms with Crippen molar-refractivity contribution in [1.82, 2.24) is 20.3 Å². The molecule has 5 heteroatoms. The lowest BCUT2D eigenvalue weighted by atomic mass is 10.0. The summed E-state index contributed by atoms with van der Waals surface area (Å²) in [6.45, 7) is 4.15. The molecular formula is C25H24N4O. The second-order valence-corrected chi connectivity index (χ2v) is 7.10. The van der Waals surface area contributed by atoms with E-state index in [0.29, 0.717) is 5.56 Å². The SMILES string of the molecule is CCc1nc2ccc(C(=O)NC(c3ccccc3)c3ccccn3)cc2nc1CC. The van der Waals surface area contributed by atoms with E-state index in [2.05, 4.69) is 24.1 Å². The summed E-state index contributed by atoms with van der Waals surface area (Å²) < 4.78 is 0. The van der Waals surface area contributed by atoms with Gasteiger partial charge < -0.3 is 5.32 Å². The van der Waals surface area contributed by atoms with E-state index in [-0.39, 0.29) is 11.9 Å². The Labute approximate surface area is 176 Å². The average Bonchev–Trinajstić information content (AvgIpc) is 2.82. The molecule has 0 aliphatic rings. The van der Waals surface area contributed by atoms with Crippen LogP contribution in [0.3, 0.4) is 0 Å². The minimum absolute atomic E-state index is 0.171. The number of aryl methyl sites for hydroxylation is 2. The van der Waals surface area contributed by atoms with Crippen LogP contribution in [0.15, 0.2) is 72.9 Å². The summed E-state index contributed by atoms with van der Waals surface area (Å²) in [4.78, 5) is 27.1. The van der Waals surface area contributed by atoms with E-state index in [1.54, 1.807) is 12.3 Å². The highest BCUT2D eigenvalue weighted by atomic mass is 16.1. The topological polar surface area (TPSA) is 67.8 Å². The highest BCUT2D eigenvalue weighted by Crippen LogP contribution is 2.22. The molecule has 2 heterocycles. The molecule has 0 radical (unpaired) electrons. The molecule has 0 saturated carbocycles. The first-order chi connectivity index (χ1) is 14.7. The zero-order chi connectivity index (χ0) is 20.9. The maximum Gasteiger partial charge on any atom is 0.252 e. The molecule has 2 aromatic heterocycles. The van der Waals surface area contributed by atoms with Gasteiger partial charge in [0.1, 0.15) is 0 Å². The van der Waals surface area contributed by atoms with Crippen LogP contribution in [0.2, 0.25) is 0 Å². The van der Waals surface area contributed by atoms with Crippen molar-refractivity contribution >= 4 is 16.9 Å². The van der Waals surface area contributed by atoms with Crippen molar-refractivity contribution in [2.75, 3.05) is 0 Å². The normalized spacial score (nSPS) is 11.9. The maximum absolute atomic E-state index is 13.1. The molecule has 0 saturated heterocycles. The van der Waals surface area contributed by atoms with Crippen LogP contribution in [0.5, 0.6) is 0 Å². The molecule has 30 heavy (non-hydrogen) atoms. The van der Waals surface area contributed by atoms with Gasteiger partial charge in [-0.3, -0.25) is 9.78 Å². The number of aromatic nitrogens is 3. The molecular weight excluding hydrogens is 372 g/mol. The van der Waals surface area contributed by atoms with Gasteiger partial charge in [0, 0.05) is 11.8 Å². The van der Waals surface area contributed by atoms with Crippen molar-refractivity contribution in [3.8, 4) is 0 Å². The number of fused-ring (bicyclic) bond motifs is 1. The molecule has 2 aromatic carbocycles. The molecule has 0 aliphatic heterocycles. The van der Waals surface area contributed by atoms with Gasteiger partial charge in [-0.1, -0.05) is 50.2 Å². The third kappa shape index (κ3) is 4.06. The molecule has 4 rings (SSSR count). The quantitative estimate of drug-likeness (QED) is 0.514. The highest BCUT2D eigenvalue weighted by Gasteiger charge is 2.19. The fraction of sp³-hybridized carbons (Fsp3) is 0.200. The summed E-state index contributed by atoms with van der Waals surface area (Å²) in [5.74, 6) is -0.171. The van der Waals surface area contributed by atoms with Gasteiger partial charge in [0.05, 0.1) is 34.2 Å². The van der Waals surface area contributed by atoms with Gasteiger partial charge in [0.15, 0.2) is 0 Å². The molecule has 1 N–H and O–H groups in total. The lowest BCUT2D eigenvalue weighted by Crippen LogP contribution is -2.29. The number of benzene rings is 2. The molecule has 0 spiro atoms. The van der Waals surface area contributed by atoms with Crippen molar-refractivity contribution in [1.29, 1.82) is 0 Å². The Kier molecular flexibility index (Phi) is 5.80. The smallest absolute Gasteiger partial charge is 0.252 e. The molecule has 0 bridgehead atoms. The number of amides is 1. The molecule has 0 aliphatic carbocycles. The van der Waals surface area contributed by atoms with Crippen LogP contribution in [0.1, 0.15) is 52.9 Å². The highest BCUT2D eigenvalue weighted by molar-refractivity contribution is 5.97. The summed E-state index contributed by atoms with van der Waals surface area (Å²) in [7, 11) is 0. The van der Waals surface area contributed by atoms with E-state index in [9.17, 15) is 4.79 Å². The van der Waals surface area contributed by atoms with Crippen molar-refractivity contribution in [2.24, 2.45) is 0 Å². The molecule has 1 amide bonds. The first-order valence-corrected chi connectivity index (χ1v) is 10.3. The Bertz CT molecular complexity index is 1120. The lowest BCUT2D eigenvalue weighted by Gasteiger charge is -2.19. The lowest BCUT2D eigenvalue weighted by molar-refractivity contribution is 0.0942. The zero-order valence-corrected chi connectivity index (χ0v) is 17.2. The fourth-order valence-corrected chi connectivity index (χ4v) is 3.57. The van der Waals surface area contributed by atoms with Crippen molar-refractivity contribution in [3.63, 3.8) is 0 Å². The second kappa shape index (κ2) is 8.82. The molecule has 1 atom stereocenters. The molecule has 0 fully saturated rings. The van der Waals surface area contributed by atoms with Crippen molar-refractivity contribution in [2.45, 2.75) is 32.7 Å². The van der Waals surface area contributed by atoms with E-state index in [4.69, 9.17) is 9.97 Å². The van der Waals surface area contributed by atoms with Gasteiger partial charge in [-0.05, 0) is 48.7 Å². The summed E-state index contributed by atoms with van der Waals surface area (Å²) in [5, 5.41) is 3.13. The number of pyridine rings is 1. The molecule has 150 valence electrons. The summed E-state index contributed by atoms with van der Waals surface area (Å²) in [6, 6.07) is 20.7. The number of nitrogens with one attached hydrogen (secondary N) is 1. The third-order valence-electron chi connectivity index (χ3n) is 5.14. The van der Waals surface area contributed by atoms with Crippen molar-refractivity contribution in [3.05, 3.63) is 101 Å². The minimum atomic E-state index is -0.338. The van der Waals surface area contributed by atoms with Crippen LogP contribution in [0.25, 0.3) is 11.0 Å². The first-order valence-electron chi connectivity index (χ1n) is 10.3. The molecule has 5 nitrogen and oxygen atoms in total. The third-order valence-corrected chi connectivity index (χ3v) is 5.14. The second-order valence-electron chi connectivity index (χ2n) is 7.10. The van der Waals surface area contributed by atoms with E-state index in [1.165, 1.54) is 0 Å². The number of hydrogen-bond donors (Lipinski definition) is 1. The Morgan fingerprint density at radius 3 is 2.23 bits per heavy atom. The van der Waals surface area contributed by atoms with E-state index >= 15 is 0 Å². The summed E-state index contributed by atoms with van der Waals surface area (Å²) >= 11 is 0. The van der Waals surface area contributed by atoms with E-state index in [0.717, 1.165) is 46.5 Å². The van der Waals surface area contributed by atoms with Crippen LogP contribution >= 0.6 is 0 Å². The summed E-state index contributed by atoms with van der Waals surface area (Å²) in [5.41, 5.74) is 5.87. The van der Waals surface area contributed by atoms with Crippen LogP contribution in [0, 0.1) is 0 Å². The largest absolute Gasteiger partial charge is 0.340 e. The van der Waals surface area contributed by atoms with Gasteiger partial charge in [-0.2, -0.15) is 0 Å². The monoisotopic (exact) mass is 396 g/mol. The van der Waals surface area contributed by atoms with Crippen LogP contribution in [-0.4, -0.2) is 20.9 Å². The Morgan fingerprint density at radius 1 is 0.867 bits per heavy atom. The predicted octanol–water partition coefficient (Wildman–Crippen LogP) is 4.67. The molecule has 4 aromatic rings. The van der Waals surface area contributed by atoms with Gasteiger partial charge in [-0.25, -0.2) is 9.97 Å². The van der Waals surface area contributed by atoms with Crippen LogP contribution < -0.4 is 5.32 Å². The number of carbonyl (C=O) groups is 1. The fourth-order valence-electron chi connectivity index (χ4n) is 3.57. The van der Waals surface area contributed by atoms with Gasteiger partial charge in [-0.15, -0.1) is 0 Å². The number of nitrogens with zero attached hydrogens (tertiary/aromatic N) is 3. The average molecular weight is 396 g/mol. The number of carbonyl (C=O) groups excluding carboxylic acids is 1. The van der Waals surface area contributed by atoms with E-state index in [1.807, 2.05) is 60.7 Å². The Hall–Kier alpha value is -3.60. The van der Waals surface area contributed by atoms with Gasteiger partial charge in [0.2, 0.25) is 0 Å². The van der Waals surface area contributed by atoms with Gasteiger partial charge in [0.25, 0.3) is 5.91 Å². The standard InChI is InChI=1S/C25H24N4O/c1-3-19-20(4-2)28-23-16-18(13-14-21(23)27-19)25(30)29-24(17-10-6-5-7-11-17)22-12-8-9-15-26-22/h5-16,24H,3-4H2,1-2H3,(H,29,30). The number of hydrogen-bond acceptors (Lipinski definition) is 4. The molecule has 1 unspecified atom stereocenters. The van der Waals surface area contributed by atoms with Gasteiger partial charge >= 0.3 is 0 Å².